The Hall–Kier alpha value is -1.13. The second-order valence-corrected chi connectivity index (χ2v) is 10.2. The number of likely N-dealkylation sites (tertiary alicyclic amines) is 1. The average Bonchev–Trinajstić information content (AvgIpc) is 3.20. The lowest BCUT2D eigenvalue weighted by molar-refractivity contribution is -0.163. The number of hydrogen-bond donors (Lipinski definition) is 4. The number of carboxylic acid groups (broad SMARTS) is 1. The van der Waals surface area contributed by atoms with Gasteiger partial charge in [-0.3, -0.25) is 9.69 Å². The van der Waals surface area contributed by atoms with Crippen LogP contribution in [0.4, 0.5) is 0 Å². The van der Waals surface area contributed by atoms with Gasteiger partial charge in [-0.25, -0.2) is 4.79 Å². The lowest BCUT2D eigenvalue weighted by Crippen LogP contribution is -2.63. The third kappa shape index (κ3) is 3.50. The molecule has 8 nitrogen and oxygen atoms in total. The van der Waals surface area contributed by atoms with E-state index in [1.54, 1.807) is 18.7 Å². The number of aliphatic hydroxyl groups is 2. The molecule has 3 saturated heterocycles. The van der Waals surface area contributed by atoms with Crippen LogP contribution in [-0.2, 0) is 9.59 Å². The first kappa shape index (κ1) is 21.1. The van der Waals surface area contributed by atoms with Crippen molar-refractivity contribution < 1.29 is 24.9 Å². The molecular formula is C20H31N3O5S. The quantitative estimate of drug-likeness (QED) is 0.449. The fourth-order valence-electron chi connectivity index (χ4n) is 5.72. The minimum absolute atomic E-state index is 0.0172. The molecule has 4 aliphatic rings. The van der Waals surface area contributed by atoms with E-state index in [-0.39, 0.29) is 35.5 Å². The van der Waals surface area contributed by atoms with Crippen molar-refractivity contribution in [2.45, 2.75) is 56.5 Å². The van der Waals surface area contributed by atoms with E-state index >= 15 is 0 Å². The lowest BCUT2D eigenvalue weighted by atomic mass is 9.79. The van der Waals surface area contributed by atoms with Gasteiger partial charge in [-0.15, -0.1) is 11.8 Å². The van der Waals surface area contributed by atoms with E-state index < -0.39 is 18.0 Å². The Kier molecular flexibility index (Phi) is 5.96. The molecule has 1 amide bonds. The molecule has 0 bridgehead atoms. The molecule has 6 atom stereocenters. The minimum atomic E-state index is -1.08. The van der Waals surface area contributed by atoms with Crippen molar-refractivity contribution in [3.63, 3.8) is 0 Å². The number of fused-ring (bicyclic) bond motifs is 1. The summed E-state index contributed by atoms with van der Waals surface area (Å²) in [6, 6.07) is 0.0423. The minimum Gasteiger partial charge on any atom is -0.477 e. The molecule has 3 fully saturated rings. The van der Waals surface area contributed by atoms with Gasteiger partial charge in [-0.2, -0.15) is 0 Å². The Morgan fingerprint density at radius 1 is 1.34 bits per heavy atom. The molecule has 4 aliphatic heterocycles. The first-order chi connectivity index (χ1) is 13.8. The molecular weight excluding hydrogens is 394 g/mol. The summed E-state index contributed by atoms with van der Waals surface area (Å²) in [5, 5.41) is 33.2. The standard InChI is InChI=1S/C20H31N3O5S/c1-10-16-15(11(2)25)19(26)23(16)17(20(27)28)18(10)29-13-7-14(22(8-13)9-24)12-3-5-21-6-4-12/h10-16,21,24-25H,3-9H2,1-2H3,(H,27,28)/t10?,11?,13?,14?,15?,16-/m0/s1. The number of β-lactam (4-membered cyclic amide) rings is 1. The Morgan fingerprint density at radius 2 is 2.03 bits per heavy atom. The highest BCUT2D eigenvalue weighted by atomic mass is 32.2. The number of hydrogen-bond acceptors (Lipinski definition) is 7. The Labute approximate surface area is 175 Å². The summed E-state index contributed by atoms with van der Waals surface area (Å²) in [6.45, 7) is 6.30. The molecule has 0 aromatic carbocycles. The molecule has 29 heavy (non-hydrogen) atoms. The van der Waals surface area contributed by atoms with Crippen molar-refractivity contribution in [2.24, 2.45) is 17.8 Å². The summed E-state index contributed by atoms with van der Waals surface area (Å²) >= 11 is 1.56. The number of nitrogens with zero attached hydrogens (tertiary/aromatic N) is 2. The smallest absolute Gasteiger partial charge is 0.353 e. The van der Waals surface area contributed by atoms with E-state index in [1.807, 2.05) is 6.92 Å². The fraction of sp³-hybridized carbons (Fsp3) is 0.800. The predicted octanol–water partition coefficient (Wildman–Crippen LogP) is 0.266. The van der Waals surface area contributed by atoms with Crippen molar-refractivity contribution in [3.8, 4) is 0 Å². The Balaban J connectivity index is 1.52. The van der Waals surface area contributed by atoms with Crippen molar-refractivity contribution in [3.05, 3.63) is 10.6 Å². The number of rotatable bonds is 6. The second-order valence-electron chi connectivity index (χ2n) is 8.81. The van der Waals surface area contributed by atoms with Gasteiger partial charge in [0.05, 0.1) is 24.8 Å². The molecule has 0 saturated carbocycles. The number of thioether (sulfide) groups is 1. The number of carboxylic acids is 1. The number of aliphatic carboxylic acids is 1. The SMILES string of the molecule is CC(O)C1C(=O)N2C(C(=O)O)=C(SC3CC(C4CCNCC4)N(CO)C3)C(C)[C@@H]12. The highest BCUT2D eigenvalue weighted by Crippen LogP contribution is 2.52. The third-order valence-corrected chi connectivity index (χ3v) is 8.62. The number of aliphatic hydroxyl groups excluding tert-OH is 2. The Bertz CT molecular complexity index is 708. The van der Waals surface area contributed by atoms with Gasteiger partial charge in [0, 0.05) is 28.7 Å². The van der Waals surface area contributed by atoms with Gasteiger partial charge in [-0.1, -0.05) is 6.92 Å². The summed E-state index contributed by atoms with van der Waals surface area (Å²) in [5.41, 5.74) is 0.0928. The third-order valence-electron chi connectivity index (χ3n) is 7.13. The number of carbonyl (C=O) groups is 2. The lowest BCUT2D eigenvalue weighted by Gasteiger charge is -2.46. The second kappa shape index (κ2) is 8.19. The topological polar surface area (TPSA) is 113 Å². The first-order valence-corrected chi connectivity index (χ1v) is 11.4. The predicted molar refractivity (Wildman–Crippen MR) is 109 cm³/mol. The average molecular weight is 426 g/mol. The number of amides is 1. The van der Waals surface area contributed by atoms with Gasteiger partial charge in [0.2, 0.25) is 5.91 Å². The van der Waals surface area contributed by atoms with Gasteiger partial charge >= 0.3 is 5.97 Å². The summed E-state index contributed by atoms with van der Waals surface area (Å²) in [4.78, 5) is 28.7. The monoisotopic (exact) mass is 425 g/mol. The maximum atomic E-state index is 12.5. The molecule has 0 spiro atoms. The van der Waals surface area contributed by atoms with Crippen molar-refractivity contribution in [1.82, 2.24) is 15.1 Å². The zero-order valence-electron chi connectivity index (χ0n) is 17.0. The molecule has 0 aromatic heterocycles. The van der Waals surface area contributed by atoms with Crippen LogP contribution in [0.3, 0.4) is 0 Å². The molecule has 9 heteroatoms. The van der Waals surface area contributed by atoms with Crippen LogP contribution in [0.5, 0.6) is 0 Å². The van der Waals surface area contributed by atoms with Gasteiger partial charge in [-0.05, 0) is 45.2 Å². The summed E-state index contributed by atoms with van der Waals surface area (Å²) in [5.74, 6) is -1.46. The zero-order chi connectivity index (χ0) is 20.9. The van der Waals surface area contributed by atoms with Crippen LogP contribution in [-0.4, -0.2) is 86.8 Å². The van der Waals surface area contributed by atoms with Crippen molar-refractivity contribution >= 4 is 23.6 Å². The van der Waals surface area contributed by atoms with Crippen LogP contribution in [0.1, 0.15) is 33.1 Å². The van der Waals surface area contributed by atoms with Crippen LogP contribution >= 0.6 is 11.8 Å². The van der Waals surface area contributed by atoms with Gasteiger partial charge in [0.1, 0.15) is 5.70 Å². The van der Waals surface area contributed by atoms with Crippen LogP contribution in [0, 0.1) is 17.8 Å². The number of carbonyl (C=O) groups excluding carboxylic acids is 1. The van der Waals surface area contributed by atoms with E-state index in [4.69, 9.17) is 0 Å². The fourth-order valence-corrected chi connectivity index (χ4v) is 7.29. The zero-order valence-corrected chi connectivity index (χ0v) is 17.8. The molecule has 0 radical (unpaired) electrons. The van der Waals surface area contributed by atoms with Crippen LogP contribution < -0.4 is 5.32 Å². The maximum Gasteiger partial charge on any atom is 0.353 e. The highest BCUT2D eigenvalue weighted by Gasteiger charge is 2.60. The molecule has 4 rings (SSSR count). The summed E-state index contributed by atoms with van der Waals surface area (Å²) in [7, 11) is 0. The van der Waals surface area contributed by atoms with E-state index in [0.717, 1.165) is 43.8 Å². The van der Waals surface area contributed by atoms with Crippen molar-refractivity contribution in [2.75, 3.05) is 26.4 Å². The van der Waals surface area contributed by atoms with Gasteiger partial charge in [0.15, 0.2) is 0 Å². The number of piperidine rings is 1. The van der Waals surface area contributed by atoms with E-state index in [0.29, 0.717) is 12.0 Å². The van der Waals surface area contributed by atoms with Crippen LogP contribution in [0.25, 0.3) is 0 Å². The van der Waals surface area contributed by atoms with Crippen molar-refractivity contribution in [1.29, 1.82) is 0 Å². The summed E-state index contributed by atoms with van der Waals surface area (Å²) < 4.78 is 0. The normalized spacial score (nSPS) is 37.0. The molecule has 162 valence electrons. The first-order valence-electron chi connectivity index (χ1n) is 10.6. The number of nitrogens with one attached hydrogen (secondary N) is 1. The van der Waals surface area contributed by atoms with Gasteiger partial charge < -0.3 is 25.5 Å². The molecule has 5 unspecified atom stereocenters. The van der Waals surface area contributed by atoms with E-state index in [9.17, 15) is 24.9 Å². The summed E-state index contributed by atoms with van der Waals surface area (Å²) in [6.07, 6.45) is 2.32. The van der Waals surface area contributed by atoms with Crippen LogP contribution in [0.15, 0.2) is 10.6 Å². The molecule has 0 aliphatic carbocycles. The van der Waals surface area contributed by atoms with E-state index in [1.165, 1.54) is 4.90 Å². The molecule has 0 aromatic rings. The largest absolute Gasteiger partial charge is 0.477 e. The molecule has 4 N–H and O–H groups in total. The maximum absolute atomic E-state index is 12.5. The highest BCUT2D eigenvalue weighted by molar-refractivity contribution is 8.03. The Morgan fingerprint density at radius 3 is 2.62 bits per heavy atom. The van der Waals surface area contributed by atoms with Crippen LogP contribution in [0.2, 0.25) is 0 Å². The molecule has 4 heterocycles. The van der Waals surface area contributed by atoms with E-state index in [2.05, 4.69) is 10.2 Å². The van der Waals surface area contributed by atoms with Gasteiger partial charge in [0.25, 0.3) is 0 Å².